The number of amides is 1. The summed E-state index contributed by atoms with van der Waals surface area (Å²) in [4.78, 5) is 19.4. The highest BCUT2D eigenvalue weighted by molar-refractivity contribution is 5.90. The fourth-order valence-electron chi connectivity index (χ4n) is 3.58. The second-order valence-corrected chi connectivity index (χ2v) is 7.92. The molecule has 1 aliphatic rings. The maximum absolute atomic E-state index is 12.4. The van der Waals surface area contributed by atoms with Crippen molar-refractivity contribution in [2.45, 2.75) is 32.9 Å². The molecule has 1 amide bonds. The van der Waals surface area contributed by atoms with Crippen LogP contribution in [0.3, 0.4) is 0 Å². The number of anilines is 1. The van der Waals surface area contributed by atoms with Crippen LogP contribution in [0.1, 0.15) is 37.4 Å². The van der Waals surface area contributed by atoms with Gasteiger partial charge in [0.1, 0.15) is 0 Å². The summed E-state index contributed by atoms with van der Waals surface area (Å²) in [6.07, 6.45) is 0.480. The first-order valence-electron chi connectivity index (χ1n) is 11.4. The number of nitrogens with one attached hydrogen (secondary N) is 3. The molecule has 1 fully saturated rings. The first kappa shape index (κ1) is 23.8. The van der Waals surface area contributed by atoms with Crippen LogP contribution in [0.4, 0.5) is 5.69 Å². The summed E-state index contributed by atoms with van der Waals surface area (Å²) >= 11 is 0. The topological polar surface area (TPSA) is 78.0 Å². The van der Waals surface area contributed by atoms with E-state index in [2.05, 4.69) is 46.8 Å². The van der Waals surface area contributed by atoms with Crippen LogP contribution in [0.15, 0.2) is 59.6 Å². The quantitative estimate of drug-likeness (QED) is 0.415. The molecule has 0 bridgehead atoms. The summed E-state index contributed by atoms with van der Waals surface area (Å²) in [5.41, 5.74) is 3.06. The highest BCUT2D eigenvalue weighted by Crippen LogP contribution is 2.13. The molecule has 172 valence electrons. The summed E-state index contributed by atoms with van der Waals surface area (Å²) in [6.45, 7) is 9.53. The normalized spacial score (nSPS) is 15.8. The van der Waals surface area contributed by atoms with Crippen molar-refractivity contribution < 1.29 is 9.53 Å². The van der Waals surface area contributed by atoms with Crippen molar-refractivity contribution in [3.63, 3.8) is 0 Å². The molecule has 7 nitrogen and oxygen atoms in total. The van der Waals surface area contributed by atoms with E-state index >= 15 is 0 Å². The van der Waals surface area contributed by atoms with E-state index < -0.39 is 0 Å². The van der Waals surface area contributed by atoms with Gasteiger partial charge in [0.05, 0.1) is 25.8 Å². The molecule has 1 heterocycles. The van der Waals surface area contributed by atoms with Gasteiger partial charge in [-0.15, -0.1) is 0 Å². The van der Waals surface area contributed by atoms with Gasteiger partial charge in [0, 0.05) is 38.3 Å². The molecule has 1 atom stereocenters. The summed E-state index contributed by atoms with van der Waals surface area (Å²) in [5, 5.41) is 9.77. The van der Waals surface area contributed by atoms with E-state index in [1.54, 1.807) is 0 Å². The molecule has 1 saturated heterocycles. The van der Waals surface area contributed by atoms with Crippen molar-refractivity contribution in [2.75, 3.05) is 44.7 Å². The van der Waals surface area contributed by atoms with Gasteiger partial charge in [-0.05, 0) is 37.1 Å². The molecular formula is C25H35N5O2. The number of rotatable bonds is 9. The smallest absolute Gasteiger partial charge is 0.225 e. The zero-order valence-corrected chi connectivity index (χ0v) is 19.1. The largest absolute Gasteiger partial charge is 0.379 e. The van der Waals surface area contributed by atoms with Crippen LogP contribution in [-0.4, -0.2) is 56.2 Å². The molecule has 0 aliphatic carbocycles. The van der Waals surface area contributed by atoms with E-state index in [9.17, 15) is 4.79 Å². The van der Waals surface area contributed by atoms with Crippen LogP contribution in [0.5, 0.6) is 0 Å². The minimum absolute atomic E-state index is 0.0313. The SMILES string of the molecule is CCNC(=NCc1cccc(NC(=O)CCN2CCOCC2)c1)NC(C)c1ccccc1. The Hall–Kier alpha value is -2.90. The Bertz CT molecular complexity index is 866. The van der Waals surface area contributed by atoms with Gasteiger partial charge in [-0.3, -0.25) is 9.69 Å². The van der Waals surface area contributed by atoms with E-state index in [0.29, 0.717) is 13.0 Å². The Kier molecular flexibility index (Phi) is 9.53. The molecule has 0 spiro atoms. The second-order valence-electron chi connectivity index (χ2n) is 7.92. The number of guanidine groups is 1. The van der Waals surface area contributed by atoms with Gasteiger partial charge in [0.2, 0.25) is 5.91 Å². The number of carbonyl (C=O) groups is 1. The molecule has 1 unspecified atom stereocenters. The molecule has 3 N–H and O–H groups in total. The van der Waals surface area contributed by atoms with Gasteiger partial charge in [-0.25, -0.2) is 4.99 Å². The van der Waals surface area contributed by atoms with Crippen LogP contribution in [0.2, 0.25) is 0 Å². The van der Waals surface area contributed by atoms with Gasteiger partial charge >= 0.3 is 0 Å². The van der Waals surface area contributed by atoms with E-state index in [1.807, 2.05) is 42.5 Å². The number of benzene rings is 2. The van der Waals surface area contributed by atoms with Crippen LogP contribution in [0.25, 0.3) is 0 Å². The number of ether oxygens (including phenoxy) is 1. The predicted molar refractivity (Wildman–Crippen MR) is 130 cm³/mol. The standard InChI is InChI=1S/C25H35N5O2/c1-3-26-25(28-20(2)22-9-5-4-6-10-22)27-19-21-8-7-11-23(18-21)29-24(31)12-13-30-14-16-32-17-15-30/h4-11,18,20H,3,12-17,19H2,1-2H3,(H,29,31)(H2,26,27,28). The molecule has 0 aromatic heterocycles. The molecule has 2 aromatic rings. The number of carbonyl (C=O) groups excluding carboxylic acids is 1. The van der Waals surface area contributed by atoms with Gasteiger partial charge in [-0.1, -0.05) is 42.5 Å². The van der Waals surface area contributed by atoms with Crippen molar-refractivity contribution >= 4 is 17.6 Å². The minimum atomic E-state index is 0.0313. The Morgan fingerprint density at radius 2 is 1.91 bits per heavy atom. The first-order valence-corrected chi connectivity index (χ1v) is 11.4. The predicted octanol–water partition coefficient (Wildman–Crippen LogP) is 3.16. The Morgan fingerprint density at radius 1 is 1.12 bits per heavy atom. The third-order valence-corrected chi connectivity index (χ3v) is 5.39. The van der Waals surface area contributed by atoms with Crippen molar-refractivity contribution in [2.24, 2.45) is 4.99 Å². The van der Waals surface area contributed by atoms with Crippen molar-refractivity contribution in [3.05, 3.63) is 65.7 Å². The fraction of sp³-hybridized carbons (Fsp3) is 0.440. The van der Waals surface area contributed by atoms with Crippen LogP contribution < -0.4 is 16.0 Å². The van der Waals surface area contributed by atoms with Crippen molar-refractivity contribution in [1.29, 1.82) is 0 Å². The summed E-state index contributed by atoms with van der Waals surface area (Å²) in [6, 6.07) is 18.3. The van der Waals surface area contributed by atoms with E-state index in [-0.39, 0.29) is 11.9 Å². The lowest BCUT2D eigenvalue weighted by Gasteiger charge is -2.26. The number of hydrogen-bond donors (Lipinski definition) is 3. The van der Waals surface area contributed by atoms with E-state index in [0.717, 1.165) is 56.6 Å². The highest BCUT2D eigenvalue weighted by Gasteiger charge is 2.12. The maximum atomic E-state index is 12.4. The number of hydrogen-bond acceptors (Lipinski definition) is 4. The number of aliphatic imine (C=N–C) groups is 1. The summed E-state index contributed by atoms with van der Waals surface area (Å²) in [7, 11) is 0. The number of nitrogens with zero attached hydrogens (tertiary/aromatic N) is 2. The molecular weight excluding hydrogens is 402 g/mol. The summed E-state index contributed by atoms with van der Waals surface area (Å²) in [5.74, 6) is 0.799. The van der Waals surface area contributed by atoms with Crippen LogP contribution in [0, 0.1) is 0 Å². The summed E-state index contributed by atoms with van der Waals surface area (Å²) < 4.78 is 5.35. The zero-order chi connectivity index (χ0) is 22.6. The van der Waals surface area contributed by atoms with E-state index in [4.69, 9.17) is 9.73 Å². The molecule has 0 radical (unpaired) electrons. The van der Waals surface area contributed by atoms with Crippen LogP contribution >= 0.6 is 0 Å². The van der Waals surface area contributed by atoms with Gasteiger partial charge in [-0.2, -0.15) is 0 Å². The lowest BCUT2D eigenvalue weighted by molar-refractivity contribution is -0.116. The molecule has 7 heteroatoms. The minimum Gasteiger partial charge on any atom is -0.379 e. The molecule has 2 aromatic carbocycles. The molecule has 32 heavy (non-hydrogen) atoms. The average molecular weight is 438 g/mol. The molecule has 0 saturated carbocycles. The second kappa shape index (κ2) is 12.8. The third-order valence-electron chi connectivity index (χ3n) is 5.39. The van der Waals surface area contributed by atoms with E-state index in [1.165, 1.54) is 5.56 Å². The Balaban J connectivity index is 1.53. The van der Waals surface area contributed by atoms with Crippen molar-refractivity contribution in [1.82, 2.24) is 15.5 Å². The van der Waals surface area contributed by atoms with Crippen molar-refractivity contribution in [3.8, 4) is 0 Å². The van der Waals surface area contributed by atoms with Gasteiger partial charge in [0.25, 0.3) is 0 Å². The fourth-order valence-corrected chi connectivity index (χ4v) is 3.58. The average Bonchev–Trinajstić information content (AvgIpc) is 2.83. The Labute approximate surface area is 191 Å². The maximum Gasteiger partial charge on any atom is 0.225 e. The lowest BCUT2D eigenvalue weighted by Crippen LogP contribution is -2.38. The molecule has 1 aliphatic heterocycles. The zero-order valence-electron chi connectivity index (χ0n) is 19.1. The molecule has 3 rings (SSSR count). The third kappa shape index (κ3) is 7.98. The van der Waals surface area contributed by atoms with Gasteiger partial charge in [0.15, 0.2) is 5.96 Å². The number of morpholine rings is 1. The lowest BCUT2D eigenvalue weighted by atomic mass is 10.1. The first-order chi connectivity index (χ1) is 15.6. The highest BCUT2D eigenvalue weighted by atomic mass is 16.5. The van der Waals surface area contributed by atoms with Gasteiger partial charge < -0.3 is 20.7 Å². The monoisotopic (exact) mass is 437 g/mol. The Morgan fingerprint density at radius 3 is 2.66 bits per heavy atom. The van der Waals surface area contributed by atoms with Crippen LogP contribution in [-0.2, 0) is 16.1 Å².